The normalized spacial score (nSPS) is 10.3. The second-order valence-corrected chi connectivity index (χ2v) is 4.12. The molecular formula is C13H16N4O3. The quantitative estimate of drug-likeness (QED) is 0.821. The molecule has 20 heavy (non-hydrogen) atoms. The Balaban J connectivity index is 1.74. The van der Waals surface area contributed by atoms with E-state index in [9.17, 15) is 4.79 Å². The highest BCUT2D eigenvalue weighted by Crippen LogP contribution is 2.14. The molecule has 0 saturated heterocycles. The molecule has 1 amide bonds. The number of anilines is 1. The Morgan fingerprint density at radius 3 is 2.70 bits per heavy atom. The third-order valence-corrected chi connectivity index (χ3v) is 2.51. The summed E-state index contributed by atoms with van der Waals surface area (Å²) in [4.78, 5) is 15.7. The Morgan fingerprint density at radius 2 is 2.10 bits per heavy atom. The number of amides is 1. The summed E-state index contributed by atoms with van der Waals surface area (Å²) in [7, 11) is 1.59. The Kier molecular flexibility index (Phi) is 4.67. The van der Waals surface area contributed by atoms with Crippen molar-refractivity contribution in [2.45, 2.75) is 13.5 Å². The van der Waals surface area contributed by atoms with Crippen LogP contribution >= 0.6 is 0 Å². The number of carbonyl (C=O) groups is 1. The first-order valence-electron chi connectivity index (χ1n) is 6.11. The van der Waals surface area contributed by atoms with E-state index >= 15 is 0 Å². The number of nitrogens with zero attached hydrogens (tertiary/aromatic N) is 2. The van der Waals surface area contributed by atoms with Crippen LogP contribution in [0.15, 0.2) is 28.8 Å². The first-order valence-corrected chi connectivity index (χ1v) is 6.11. The minimum Gasteiger partial charge on any atom is -0.497 e. The Bertz CT molecular complexity index is 565. The maximum atomic E-state index is 11.7. The van der Waals surface area contributed by atoms with Gasteiger partial charge in [-0.15, -0.1) is 0 Å². The SMILES string of the molecule is COc1ccc(NC(=O)CNCc2nc(C)no2)cc1. The molecule has 0 aliphatic carbocycles. The minimum atomic E-state index is -0.147. The number of ether oxygens (including phenoxy) is 1. The summed E-state index contributed by atoms with van der Waals surface area (Å²) in [6.45, 7) is 2.26. The number of rotatable bonds is 6. The van der Waals surface area contributed by atoms with Gasteiger partial charge in [0.05, 0.1) is 20.2 Å². The molecule has 0 bridgehead atoms. The molecule has 2 rings (SSSR count). The van der Waals surface area contributed by atoms with E-state index in [-0.39, 0.29) is 12.5 Å². The van der Waals surface area contributed by atoms with Gasteiger partial charge in [-0.1, -0.05) is 5.16 Å². The molecule has 0 aliphatic rings. The zero-order valence-corrected chi connectivity index (χ0v) is 11.3. The van der Waals surface area contributed by atoms with Gasteiger partial charge in [0.2, 0.25) is 11.8 Å². The molecule has 106 valence electrons. The average Bonchev–Trinajstić information content (AvgIpc) is 2.85. The van der Waals surface area contributed by atoms with Crippen LogP contribution in [0, 0.1) is 6.92 Å². The van der Waals surface area contributed by atoms with Crippen LogP contribution in [-0.4, -0.2) is 29.7 Å². The van der Waals surface area contributed by atoms with E-state index in [1.54, 1.807) is 38.3 Å². The van der Waals surface area contributed by atoms with Crippen LogP contribution in [-0.2, 0) is 11.3 Å². The van der Waals surface area contributed by atoms with Crippen molar-refractivity contribution in [3.63, 3.8) is 0 Å². The Labute approximate surface area is 116 Å². The molecular weight excluding hydrogens is 260 g/mol. The highest BCUT2D eigenvalue weighted by atomic mass is 16.5. The number of aromatic nitrogens is 2. The molecule has 0 spiro atoms. The third kappa shape index (κ3) is 4.06. The molecule has 0 saturated carbocycles. The number of methoxy groups -OCH3 is 1. The minimum absolute atomic E-state index is 0.147. The highest BCUT2D eigenvalue weighted by Gasteiger charge is 2.05. The maximum absolute atomic E-state index is 11.7. The van der Waals surface area contributed by atoms with E-state index < -0.39 is 0 Å². The van der Waals surface area contributed by atoms with Crippen LogP contribution in [0.2, 0.25) is 0 Å². The lowest BCUT2D eigenvalue weighted by Gasteiger charge is -2.06. The summed E-state index contributed by atoms with van der Waals surface area (Å²) in [6.07, 6.45) is 0. The molecule has 7 nitrogen and oxygen atoms in total. The van der Waals surface area contributed by atoms with Crippen molar-refractivity contribution in [2.75, 3.05) is 19.0 Å². The van der Waals surface area contributed by atoms with Gasteiger partial charge < -0.3 is 14.6 Å². The summed E-state index contributed by atoms with van der Waals surface area (Å²) in [5.41, 5.74) is 0.714. The van der Waals surface area contributed by atoms with E-state index in [4.69, 9.17) is 9.26 Å². The number of nitrogens with one attached hydrogen (secondary N) is 2. The third-order valence-electron chi connectivity index (χ3n) is 2.51. The zero-order chi connectivity index (χ0) is 14.4. The van der Waals surface area contributed by atoms with Crippen molar-refractivity contribution in [2.24, 2.45) is 0 Å². The highest BCUT2D eigenvalue weighted by molar-refractivity contribution is 5.92. The topological polar surface area (TPSA) is 89.3 Å². The van der Waals surface area contributed by atoms with Crippen molar-refractivity contribution in [1.82, 2.24) is 15.5 Å². The van der Waals surface area contributed by atoms with Gasteiger partial charge in [-0.25, -0.2) is 0 Å². The number of hydrogen-bond acceptors (Lipinski definition) is 6. The van der Waals surface area contributed by atoms with Crippen molar-refractivity contribution >= 4 is 11.6 Å². The monoisotopic (exact) mass is 276 g/mol. The average molecular weight is 276 g/mol. The van der Waals surface area contributed by atoms with Crippen molar-refractivity contribution in [1.29, 1.82) is 0 Å². The second kappa shape index (κ2) is 6.67. The molecule has 0 unspecified atom stereocenters. The fraction of sp³-hybridized carbons (Fsp3) is 0.308. The molecule has 1 heterocycles. The Hall–Kier alpha value is -2.41. The van der Waals surface area contributed by atoms with Gasteiger partial charge in [-0.2, -0.15) is 4.98 Å². The molecule has 1 aromatic carbocycles. The smallest absolute Gasteiger partial charge is 0.240 e. The van der Waals surface area contributed by atoms with Gasteiger partial charge in [0.25, 0.3) is 0 Å². The van der Waals surface area contributed by atoms with Gasteiger partial charge in [0.15, 0.2) is 5.82 Å². The first-order chi connectivity index (χ1) is 9.67. The summed E-state index contributed by atoms with van der Waals surface area (Å²) in [5.74, 6) is 1.63. The maximum Gasteiger partial charge on any atom is 0.240 e. The van der Waals surface area contributed by atoms with Crippen LogP contribution in [0.5, 0.6) is 5.75 Å². The van der Waals surface area contributed by atoms with Crippen LogP contribution in [0.25, 0.3) is 0 Å². The van der Waals surface area contributed by atoms with E-state index in [1.807, 2.05) is 0 Å². The predicted octanol–water partition coefficient (Wildman–Crippen LogP) is 1.11. The zero-order valence-electron chi connectivity index (χ0n) is 11.3. The van der Waals surface area contributed by atoms with Crippen molar-refractivity contribution in [3.8, 4) is 5.75 Å². The van der Waals surface area contributed by atoms with Crippen molar-refractivity contribution < 1.29 is 14.1 Å². The lowest BCUT2D eigenvalue weighted by Crippen LogP contribution is -2.27. The van der Waals surface area contributed by atoms with E-state index in [1.165, 1.54) is 0 Å². The fourth-order valence-electron chi connectivity index (χ4n) is 1.57. The molecule has 2 aromatic rings. The summed E-state index contributed by atoms with van der Waals surface area (Å²) < 4.78 is 9.96. The standard InChI is InChI=1S/C13H16N4O3/c1-9-15-13(20-17-9)8-14-7-12(18)16-10-3-5-11(19-2)6-4-10/h3-6,14H,7-8H2,1-2H3,(H,16,18). The molecule has 0 radical (unpaired) electrons. The van der Waals surface area contributed by atoms with Gasteiger partial charge in [0, 0.05) is 5.69 Å². The lowest BCUT2D eigenvalue weighted by molar-refractivity contribution is -0.115. The number of hydrogen-bond donors (Lipinski definition) is 2. The molecule has 7 heteroatoms. The van der Waals surface area contributed by atoms with Gasteiger partial charge in [-0.05, 0) is 31.2 Å². The number of benzene rings is 1. The fourth-order valence-corrected chi connectivity index (χ4v) is 1.57. The largest absolute Gasteiger partial charge is 0.497 e. The number of aryl methyl sites for hydroxylation is 1. The van der Waals surface area contributed by atoms with Crippen molar-refractivity contribution in [3.05, 3.63) is 36.0 Å². The molecule has 0 atom stereocenters. The summed E-state index contributed by atoms with van der Waals surface area (Å²) in [6, 6.07) is 7.12. The molecule has 1 aromatic heterocycles. The lowest BCUT2D eigenvalue weighted by atomic mass is 10.3. The van der Waals surface area contributed by atoms with Crippen LogP contribution < -0.4 is 15.4 Å². The summed E-state index contributed by atoms with van der Waals surface area (Å²) >= 11 is 0. The molecule has 0 fully saturated rings. The van der Waals surface area contributed by atoms with Gasteiger partial charge in [0.1, 0.15) is 5.75 Å². The molecule has 0 aliphatic heterocycles. The van der Waals surface area contributed by atoms with E-state index in [0.717, 1.165) is 5.75 Å². The predicted molar refractivity (Wildman–Crippen MR) is 72.4 cm³/mol. The van der Waals surface area contributed by atoms with E-state index in [2.05, 4.69) is 20.8 Å². The molecule has 2 N–H and O–H groups in total. The van der Waals surface area contributed by atoms with Gasteiger partial charge in [-0.3, -0.25) is 10.1 Å². The second-order valence-electron chi connectivity index (χ2n) is 4.12. The van der Waals surface area contributed by atoms with Crippen LogP contribution in [0.1, 0.15) is 11.7 Å². The van der Waals surface area contributed by atoms with Crippen LogP contribution in [0.3, 0.4) is 0 Å². The Morgan fingerprint density at radius 1 is 1.35 bits per heavy atom. The number of carbonyl (C=O) groups excluding carboxylic acids is 1. The summed E-state index contributed by atoms with van der Waals surface area (Å²) in [5, 5.41) is 9.35. The van der Waals surface area contributed by atoms with Crippen LogP contribution in [0.4, 0.5) is 5.69 Å². The van der Waals surface area contributed by atoms with Gasteiger partial charge >= 0.3 is 0 Å². The first kappa shape index (κ1) is 14.0. The van der Waals surface area contributed by atoms with E-state index in [0.29, 0.717) is 23.9 Å².